The van der Waals surface area contributed by atoms with Crippen molar-refractivity contribution < 1.29 is 9.90 Å². The van der Waals surface area contributed by atoms with E-state index in [-0.39, 0.29) is 5.92 Å². The lowest BCUT2D eigenvalue weighted by Crippen LogP contribution is -2.43. The van der Waals surface area contributed by atoms with Crippen LogP contribution in [0.5, 0.6) is 0 Å². The summed E-state index contributed by atoms with van der Waals surface area (Å²) >= 11 is 0. The largest absolute Gasteiger partial charge is 0.481 e. The molecule has 98 valence electrons. The van der Waals surface area contributed by atoms with Gasteiger partial charge in [-0.05, 0) is 24.2 Å². The Labute approximate surface area is 104 Å². The van der Waals surface area contributed by atoms with Gasteiger partial charge in [-0.2, -0.15) is 0 Å². The van der Waals surface area contributed by atoms with Crippen LogP contribution in [0.2, 0.25) is 0 Å². The molecule has 17 heavy (non-hydrogen) atoms. The van der Waals surface area contributed by atoms with Crippen molar-refractivity contribution in [1.82, 2.24) is 4.90 Å². The lowest BCUT2D eigenvalue weighted by atomic mass is 9.77. The van der Waals surface area contributed by atoms with Crippen LogP contribution in [0.3, 0.4) is 0 Å². The minimum absolute atomic E-state index is 0.153. The first-order valence-corrected chi connectivity index (χ1v) is 6.97. The predicted molar refractivity (Wildman–Crippen MR) is 67.8 cm³/mol. The van der Waals surface area contributed by atoms with Crippen LogP contribution >= 0.6 is 0 Å². The summed E-state index contributed by atoms with van der Waals surface area (Å²) in [4.78, 5) is 13.6. The van der Waals surface area contributed by atoms with Gasteiger partial charge in [0.25, 0.3) is 0 Å². The number of likely N-dealkylation sites (tertiary alicyclic amines) is 1. The molecule has 2 aliphatic rings. The molecule has 1 heterocycles. The molecule has 5 unspecified atom stereocenters. The molecule has 1 N–H and O–H groups in total. The normalized spacial score (nSPS) is 43.8. The lowest BCUT2D eigenvalue weighted by molar-refractivity contribution is -0.142. The zero-order valence-corrected chi connectivity index (χ0v) is 11.2. The van der Waals surface area contributed by atoms with E-state index in [1.54, 1.807) is 0 Å². The number of aliphatic carboxylic acids is 1. The Kier molecular flexibility index (Phi) is 3.76. The van der Waals surface area contributed by atoms with Crippen molar-refractivity contribution in [3.63, 3.8) is 0 Å². The zero-order chi connectivity index (χ0) is 12.6. The fourth-order valence-corrected chi connectivity index (χ4v) is 3.67. The van der Waals surface area contributed by atoms with E-state index in [1.165, 1.54) is 19.3 Å². The van der Waals surface area contributed by atoms with Gasteiger partial charge in [0.2, 0.25) is 0 Å². The van der Waals surface area contributed by atoms with E-state index >= 15 is 0 Å². The molecule has 0 bridgehead atoms. The fourth-order valence-electron chi connectivity index (χ4n) is 3.67. The van der Waals surface area contributed by atoms with E-state index in [2.05, 4.69) is 25.7 Å². The molecule has 3 nitrogen and oxygen atoms in total. The molecule has 2 fully saturated rings. The number of carboxylic acids is 1. The van der Waals surface area contributed by atoms with Crippen LogP contribution in [0.1, 0.15) is 40.0 Å². The first-order valence-electron chi connectivity index (χ1n) is 6.97. The van der Waals surface area contributed by atoms with Crippen molar-refractivity contribution in [3.05, 3.63) is 0 Å². The third-order valence-corrected chi connectivity index (χ3v) is 5.09. The van der Waals surface area contributed by atoms with Gasteiger partial charge >= 0.3 is 5.97 Å². The van der Waals surface area contributed by atoms with Crippen LogP contribution in [0.15, 0.2) is 0 Å². The van der Waals surface area contributed by atoms with Crippen LogP contribution in [0, 0.1) is 23.7 Å². The van der Waals surface area contributed by atoms with Crippen LogP contribution in [0.25, 0.3) is 0 Å². The summed E-state index contributed by atoms with van der Waals surface area (Å²) in [7, 11) is 0. The summed E-state index contributed by atoms with van der Waals surface area (Å²) in [5.41, 5.74) is 0. The van der Waals surface area contributed by atoms with Crippen LogP contribution in [0.4, 0.5) is 0 Å². The maximum atomic E-state index is 11.2. The third kappa shape index (κ3) is 2.49. The zero-order valence-electron chi connectivity index (χ0n) is 11.2. The van der Waals surface area contributed by atoms with Crippen molar-refractivity contribution in [2.45, 2.75) is 46.1 Å². The highest BCUT2D eigenvalue weighted by Crippen LogP contribution is 2.36. The van der Waals surface area contributed by atoms with E-state index in [0.717, 1.165) is 19.0 Å². The summed E-state index contributed by atoms with van der Waals surface area (Å²) in [6, 6.07) is 0.616. The summed E-state index contributed by atoms with van der Waals surface area (Å²) < 4.78 is 0. The highest BCUT2D eigenvalue weighted by molar-refractivity contribution is 5.71. The average molecular weight is 239 g/mol. The van der Waals surface area contributed by atoms with Gasteiger partial charge in [-0.1, -0.05) is 33.6 Å². The Balaban J connectivity index is 2.02. The molecule has 1 saturated carbocycles. The minimum Gasteiger partial charge on any atom is -0.481 e. The van der Waals surface area contributed by atoms with Crippen LogP contribution in [-0.2, 0) is 4.79 Å². The molecule has 0 amide bonds. The molecule has 2 rings (SSSR count). The highest BCUT2D eigenvalue weighted by atomic mass is 16.4. The molecule has 1 aliphatic carbocycles. The number of hydrogen-bond donors (Lipinski definition) is 1. The highest BCUT2D eigenvalue weighted by Gasteiger charge is 2.40. The number of carboxylic acid groups (broad SMARTS) is 1. The van der Waals surface area contributed by atoms with Gasteiger partial charge in [0.1, 0.15) is 0 Å². The second-order valence-electron chi connectivity index (χ2n) is 6.21. The van der Waals surface area contributed by atoms with Crippen LogP contribution < -0.4 is 0 Å². The molecule has 1 aliphatic heterocycles. The molecule has 1 saturated heterocycles. The molecule has 0 aromatic rings. The van der Waals surface area contributed by atoms with E-state index < -0.39 is 5.97 Å². The molecule has 0 aromatic heterocycles. The first-order chi connectivity index (χ1) is 8.00. The fraction of sp³-hybridized carbons (Fsp3) is 0.929. The van der Waals surface area contributed by atoms with Gasteiger partial charge in [0.15, 0.2) is 0 Å². The molecular formula is C14H25NO2. The number of hydrogen-bond acceptors (Lipinski definition) is 2. The number of rotatable bonds is 2. The van der Waals surface area contributed by atoms with E-state index in [1.807, 2.05) is 0 Å². The molecule has 5 atom stereocenters. The van der Waals surface area contributed by atoms with Crippen molar-refractivity contribution in [2.75, 3.05) is 13.1 Å². The van der Waals surface area contributed by atoms with Crippen LogP contribution in [-0.4, -0.2) is 35.1 Å². The topological polar surface area (TPSA) is 40.5 Å². The summed E-state index contributed by atoms with van der Waals surface area (Å²) in [6.45, 7) is 8.49. The Morgan fingerprint density at radius 2 is 1.82 bits per heavy atom. The van der Waals surface area contributed by atoms with Crippen molar-refractivity contribution in [2.24, 2.45) is 23.7 Å². The molecule has 0 spiro atoms. The molecule has 0 aromatic carbocycles. The second kappa shape index (κ2) is 4.97. The summed E-state index contributed by atoms with van der Waals surface area (Å²) in [6.07, 6.45) is 3.90. The predicted octanol–water partition coefficient (Wildman–Crippen LogP) is 2.46. The maximum Gasteiger partial charge on any atom is 0.308 e. The maximum absolute atomic E-state index is 11.2. The van der Waals surface area contributed by atoms with Gasteiger partial charge in [-0.15, -0.1) is 0 Å². The van der Waals surface area contributed by atoms with Gasteiger partial charge in [-0.25, -0.2) is 0 Å². The Hall–Kier alpha value is -0.570. The lowest BCUT2D eigenvalue weighted by Gasteiger charge is -2.40. The second-order valence-corrected chi connectivity index (χ2v) is 6.21. The number of nitrogens with zero attached hydrogens (tertiary/aromatic N) is 1. The minimum atomic E-state index is -0.614. The molecule has 0 radical (unpaired) electrons. The monoisotopic (exact) mass is 239 g/mol. The Bertz CT molecular complexity index is 292. The van der Waals surface area contributed by atoms with Crippen molar-refractivity contribution in [1.29, 1.82) is 0 Å². The average Bonchev–Trinajstić information content (AvgIpc) is 2.64. The third-order valence-electron chi connectivity index (χ3n) is 5.09. The van der Waals surface area contributed by atoms with E-state index in [9.17, 15) is 9.90 Å². The van der Waals surface area contributed by atoms with Crippen molar-refractivity contribution in [3.8, 4) is 0 Å². The SMILES string of the molecule is CC1CN(C2CCCC(C)C2C)CC1C(=O)O. The molecule has 3 heteroatoms. The molecular weight excluding hydrogens is 214 g/mol. The smallest absolute Gasteiger partial charge is 0.308 e. The van der Waals surface area contributed by atoms with E-state index in [0.29, 0.717) is 17.9 Å². The van der Waals surface area contributed by atoms with Gasteiger partial charge in [-0.3, -0.25) is 9.69 Å². The van der Waals surface area contributed by atoms with E-state index in [4.69, 9.17) is 0 Å². The quantitative estimate of drug-likeness (QED) is 0.804. The Morgan fingerprint density at radius 3 is 2.41 bits per heavy atom. The van der Waals surface area contributed by atoms with Gasteiger partial charge in [0, 0.05) is 19.1 Å². The summed E-state index contributed by atoms with van der Waals surface area (Å²) in [5, 5.41) is 9.19. The Morgan fingerprint density at radius 1 is 1.12 bits per heavy atom. The number of carbonyl (C=O) groups is 1. The van der Waals surface area contributed by atoms with Crippen molar-refractivity contribution >= 4 is 5.97 Å². The first kappa shape index (κ1) is 12.9. The van der Waals surface area contributed by atoms with Gasteiger partial charge < -0.3 is 5.11 Å². The standard InChI is InChI=1S/C14H25NO2/c1-9-5-4-6-13(11(9)3)15-7-10(2)12(8-15)14(16)17/h9-13H,4-8H2,1-3H3,(H,16,17). The summed E-state index contributed by atoms with van der Waals surface area (Å²) in [5.74, 6) is 1.03. The van der Waals surface area contributed by atoms with Gasteiger partial charge in [0.05, 0.1) is 5.92 Å².